The maximum Gasteiger partial charge on any atom is 0.291 e. The summed E-state index contributed by atoms with van der Waals surface area (Å²) in [5, 5.41) is 6.79. The summed E-state index contributed by atoms with van der Waals surface area (Å²) >= 11 is 0. The number of hydrogen-bond acceptors (Lipinski definition) is 5. The summed E-state index contributed by atoms with van der Waals surface area (Å²) in [7, 11) is 0. The molecule has 1 amide bonds. The third-order valence-corrected chi connectivity index (χ3v) is 2.30. The molecule has 2 heterocycles. The fourth-order valence-electron chi connectivity index (χ4n) is 1.39. The molecule has 2 aromatic rings. The minimum Gasteiger partial charge on any atom is -0.349 e. The molecule has 0 aromatic carbocycles. The maximum absolute atomic E-state index is 11.7. The van der Waals surface area contributed by atoms with Crippen LogP contribution in [0.4, 0.5) is 0 Å². The zero-order valence-electron chi connectivity index (χ0n) is 10.4. The third-order valence-electron chi connectivity index (χ3n) is 2.30. The quantitative estimate of drug-likeness (QED) is 0.795. The molecule has 19 heavy (non-hydrogen) atoms. The second-order valence-corrected chi connectivity index (χ2v) is 3.63. The first-order chi connectivity index (χ1) is 8.22. The van der Waals surface area contributed by atoms with E-state index in [0.29, 0.717) is 18.9 Å². The Labute approximate surface area is 122 Å². The number of halogens is 2. The van der Waals surface area contributed by atoms with E-state index in [9.17, 15) is 4.79 Å². The van der Waals surface area contributed by atoms with Crippen LogP contribution >= 0.6 is 24.8 Å². The Bertz CT molecular complexity index is 544. The number of amides is 1. The van der Waals surface area contributed by atoms with E-state index in [4.69, 9.17) is 5.73 Å². The number of fused-ring (bicyclic) bond motifs is 1. The van der Waals surface area contributed by atoms with Gasteiger partial charge in [-0.25, -0.2) is 9.50 Å². The Morgan fingerprint density at radius 2 is 2.21 bits per heavy atom. The molecule has 2 aromatic heterocycles. The van der Waals surface area contributed by atoms with E-state index >= 15 is 0 Å². The minimum atomic E-state index is -0.302. The molecule has 9 heteroatoms. The molecule has 0 bridgehead atoms. The van der Waals surface area contributed by atoms with Crippen molar-refractivity contribution in [3.05, 3.63) is 23.8 Å². The van der Waals surface area contributed by atoms with Crippen molar-refractivity contribution in [2.45, 2.75) is 13.3 Å². The lowest BCUT2D eigenvalue weighted by atomic mass is 10.4. The number of hydrogen-bond donors (Lipinski definition) is 2. The van der Waals surface area contributed by atoms with Crippen LogP contribution in [-0.4, -0.2) is 38.6 Å². The Balaban J connectivity index is 0.00000162. The highest BCUT2D eigenvalue weighted by Crippen LogP contribution is 2.01. The van der Waals surface area contributed by atoms with Crippen molar-refractivity contribution in [1.82, 2.24) is 24.9 Å². The van der Waals surface area contributed by atoms with E-state index in [1.807, 2.05) is 6.92 Å². The molecule has 0 unspecified atom stereocenters. The normalized spacial score (nSPS) is 9.58. The molecule has 106 valence electrons. The van der Waals surface area contributed by atoms with Gasteiger partial charge in [0.05, 0.1) is 0 Å². The van der Waals surface area contributed by atoms with Gasteiger partial charge in [0, 0.05) is 18.4 Å². The van der Waals surface area contributed by atoms with E-state index in [-0.39, 0.29) is 36.5 Å². The molecule has 0 aliphatic rings. The number of aromatic nitrogens is 4. The number of rotatable bonds is 4. The van der Waals surface area contributed by atoms with Gasteiger partial charge in [0.25, 0.3) is 11.7 Å². The fourth-order valence-corrected chi connectivity index (χ4v) is 1.39. The summed E-state index contributed by atoms with van der Waals surface area (Å²) in [6.07, 6.45) is 2.37. The summed E-state index contributed by atoms with van der Waals surface area (Å²) in [5.74, 6) is 0.251. The number of carbonyl (C=O) groups is 1. The third kappa shape index (κ3) is 4.02. The van der Waals surface area contributed by atoms with E-state index in [1.54, 1.807) is 12.3 Å². The van der Waals surface area contributed by atoms with Crippen LogP contribution in [0, 0.1) is 6.92 Å². The van der Waals surface area contributed by atoms with E-state index < -0.39 is 0 Å². The van der Waals surface area contributed by atoms with E-state index in [2.05, 4.69) is 20.4 Å². The first kappa shape index (κ1) is 17.6. The Morgan fingerprint density at radius 1 is 1.47 bits per heavy atom. The fraction of sp³-hybridized carbons (Fsp3) is 0.400. The van der Waals surface area contributed by atoms with Gasteiger partial charge in [0.1, 0.15) is 0 Å². The highest BCUT2D eigenvalue weighted by Gasteiger charge is 2.13. The van der Waals surface area contributed by atoms with Crippen LogP contribution in [-0.2, 0) is 0 Å². The second-order valence-electron chi connectivity index (χ2n) is 3.63. The van der Waals surface area contributed by atoms with Crippen molar-refractivity contribution in [1.29, 1.82) is 0 Å². The van der Waals surface area contributed by atoms with Crippen LogP contribution in [0.5, 0.6) is 0 Å². The average Bonchev–Trinajstić information content (AvgIpc) is 2.75. The second kappa shape index (κ2) is 7.88. The Kier molecular flexibility index (Phi) is 7.28. The van der Waals surface area contributed by atoms with E-state index in [0.717, 1.165) is 12.1 Å². The summed E-state index contributed by atoms with van der Waals surface area (Å²) in [4.78, 5) is 19.8. The average molecular weight is 307 g/mol. The van der Waals surface area contributed by atoms with Gasteiger partial charge in [-0.1, -0.05) is 0 Å². The summed E-state index contributed by atoms with van der Waals surface area (Å²) in [6.45, 7) is 2.94. The smallest absolute Gasteiger partial charge is 0.291 e. The van der Waals surface area contributed by atoms with Gasteiger partial charge in [0.15, 0.2) is 0 Å². The lowest BCUT2D eigenvalue weighted by Crippen LogP contribution is -2.27. The van der Waals surface area contributed by atoms with Crippen LogP contribution in [0.15, 0.2) is 12.3 Å². The predicted octanol–water partition coefficient (Wildman–Crippen LogP) is 0.355. The van der Waals surface area contributed by atoms with Crippen LogP contribution in [0.3, 0.4) is 0 Å². The van der Waals surface area contributed by atoms with Crippen LogP contribution in [0.1, 0.15) is 22.7 Å². The molecule has 0 saturated heterocycles. The summed E-state index contributed by atoms with van der Waals surface area (Å²) in [5.41, 5.74) is 6.22. The Hall–Kier alpha value is -1.44. The van der Waals surface area contributed by atoms with Crippen molar-refractivity contribution in [3.63, 3.8) is 0 Å². The molecular formula is C10H16Cl2N6O. The monoisotopic (exact) mass is 306 g/mol. The molecule has 0 spiro atoms. The maximum atomic E-state index is 11.7. The minimum absolute atomic E-state index is 0. The number of nitrogens with one attached hydrogen (secondary N) is 1. The van der Waals surface area contributed by atoms with Crippen LogP contribution < -0.4 is 11.1 Å². The van der Waals surface area contributed by atoms with Gasteiger partial charge in [0.2, 0.25) is 5.82 Å². The highest BCUT2D eigenvalue weighted by molar-refractivity contribution is 5.90. The SMILES string of the molecule is Cc1ccnc2nc(C(=O)NCCCN)nn12.Cl.Cl. The summed E-state index contributed by atoms with van der Waals surface area (Å²) < 4.78 is 1.54. The molecule has 0 radical (unpaired) electrons. The van der Waals surface area contributed by atoms with Gasteiger partial charge in [-0.05, 0) is 26.0 Å². The summed E-state index contributed by atoms with van der Waals surface area (Å²) in [6, 6.07) is 1.80. The van der Waals surface area contributed by atoms with Crippen LogP contribution in [0.2, 0.25) is 0 Å². The molecule has 3 N–H and O–H groups in total. The van der Waals surface area contributed by atoms with Crippen molar-refractivity contribution in [2.24, 2.45) is 5.73 Å². The Morgan fingerprint density at radius 3 is 2.84 bits per heavy atom. The van der Waals surface area contributed by atoms with Gasteiger partial charge in [-0.3, -0.25) is 4.79 Å². The van der Waals surface area contributed by atoms with E-state index in [1.165, 1.54) is 4.52 Å². The lowest BCUT2D eigenvalue weighted by molar-refractivity contribution is 0.0943. The zero-order chi connectivity index (χ0) is 12.3. The number of aryl methyl sites for hydroxylation is 1. The number of nitrogens with two attached hydrogens (primary N) is 1. The molecule has 0 aliphatic heterocycles. The van der Waals surface area contributed by atoms with Crippen molar-refractivity contribution in [2.75, 3.05) is 13.1 Å². The molecule has 7 nitrogen and oxygen atoms in total. The standard InChI is InChI=1S/C10H14N6O.2ClH/c1-7-3-6-13-10-14-8(15-16(7)10)9(17)12-5-2-4-11;;/h3,6H,2,4-5,11H2,1H3,(H,12,17);2*1H. The van der Waals surface area contributed by atoms with Crippen molar-refractivity contribution < 1.29 is 4.79 Å². The number of nitrogens with zero attached hydrogens (tertiary/aromatic N) is 4. The topological polar surface area (TPSA) is 98.2 Å². The van der Waals surface area contributed by atoms with Gasteiger partial charge >= 0.3 is 0 Å². The predicted molar refractivity (Wildman–Crippen MR) is 76.0 cm³/mol. The van der Waals surface area contributed by atoms with Gasteiger partial charge in [-0.15, -0.1) is 29.9 Å². The van der Waals surface area contributed by atoms with Gasteiger partial charge < -0.3 is 11.1 Å². The first-order valence-electron chi connectivity index (χ1n) is 5.39. The molecule has 0 fully saturated rings. The van der Waals surface area contributed by atoms with Crippen LogP contribution in [0.25, 0.3) is 5.78 Å². The number of carbonyl (C=O) groups excluding carboxylic acids is 1. The largest absolute Gasteiger partial charge is 0.349 e. The molecule has 2 rings (SSSR count). The highest BCUT2D eigenvalue weighted by atomic mass is 35.5. The molecular weight excluding hydrogens is 291 g/mol. The molecule has 0 saturated carbocycles. The lowest BCUT2D eigenvalue weighted by Gasteiger charge is -1.99. The first-order valence-corrected chi connectivity index (χ1v) is 5.39. The molecule has 0 atom stereocenters. The zero-order valence-corrected chi connectivity index (χ0v) is 12.0. The van der Waals surface area contributed by atoms with Crippen molar-refractivity contribution >= 4 is 36.5 Å². The van der Waals surface area contributed by atoms with Crippen molar-refractivity contribution in [3.8, 4) is 0 Å². The molecule has 0 aliphatic carbocycles. The van der Waals surface area contributed by atoms with Gasteiger partial charge in [-0.2, -0.15) is 4.98 Å².